The number of amides is 1. The van der Waals surface area contributed by atoms with Crippen molar-refractivity contribution in [3.05, 3.63) is 90.0 Å². The van der Waals surface area contributed by atoms with Crippen LogP contribution in [0.5, 0.6) is 11.5 Å². The van der Waals surface area contributed by atoms with E-state index in [0.29, 0.717) is 24.5 Å². The first kappa shape index (κ1) is 18.4. The molecule has 5 heteroatoms. The SMILES string of the molecule is O=C(NCC1COc2ccccc2O1)c1ccc(CSc2ccccc2)cc1. The van der Waals surface area contributed by atoms with Crippen molar-refractivity contribution in [3.8, 4) is 11.5 Å². The molecule has 1 unspecified atom stereocenters. The highest BCUT2D eigenvalue weighted by Crippen LogP contribution is 2.30. The van der Waals surface area contributed by atoms with Crippen molar-refractivity contribution in [2.24, 2.45) is 0 Å². The number of fused-ring (bicyclic) bond motifs is 1. The van der Waals surface area contributed by atoms with Gasteiger partial charge in [-0.3, -0.25) is 4.79 Å². The molecule has 0 saturated carbocycles. The number of carbonyl (C=O) groups excluding carboxylic acids is 1. The molecule has 1 amide bonds. The summed E-state index contributed by atoms with van der Waals surface area (Å²) in [7, 11) is 0. The first-order valence-corrected chi connectivity index (χ1v) is 10.2. The predicted molar refractivity (Wildman–Crippen MR) is 111 cm³/mol. The third-order valence-electron chi connectivity index (χ3n) is 4.42. The lowest BCUT2D eigenvalue weighted by Crippen LogP contribution is -2.40. The van der Waals surface area contributed by atoms with Crippen LogP contribution in [0.4, 0.5) is 0 Å². The average Bonchev–Trinajstić information content (AvgIpc) is 2.77. The quantitative estimate of drug-likeness (QED) is 0.627. The van der Waals surface area contributed by atoms with Gasteiger partial charge in [0.05, 0.1) is 6.54 Å². The van der Waals surface area contributed by atoms with Gasteiger partial charge in [-0.25, -0.2) is 0 Å². The van der Waals surface area contributed by atoms with E-state index in [-0.39, 0.29) is 12.0 Å². The van der Waals surface area contributed by atoms with Crippen molar-refractivity contribution >= 4 is 17.7 Å². The molecular formula is C23H21NO3S. The molecule has 28 heavy (non-hydrogen) atoms. The summed E-state index contributed by atoms with van der Waals surface area (Å²) < 4.78 is 11.5. The Morgan fingerprint density at radius 3 is 2.43 bits per heavy atom. The van der Waals surface area contributed by atoms with Gasteiger partial charge in [-0.05, 0) is 42.0 Å². The van der Waals surface area contributed by atoms with Crippen LogP contribution in [-0.4, -0.2) is 25.2 Å². The zero-order valence-electron chi connectivity index (χ0n) is 15.3. The van der Waals surface area contributed by atoms with Crippen molar-refractivity contribution in [2.45, 2.75) is 16.8 Å². The van der Waals surface area contributed by atoms with E-state index in [1.807, 2.05) is 66.7 Å². The molecule has 1 atom stereocenters. The summed E-state index contributed by atoms with van der Waals surface area (Å²) in [5.74, 6) is 2.23. The maximum Gasteiger partial charge on any atom is 0.251 e. The van der Waals surface area contributed by atoms with E-state index in [4.69, 9.17) is 9.47 Å². The van der Waals surface area contributed by atoms with Crippen LogP contribution in [0.2, 0.25) is 0 Å². The first-order chi connectivity index (χ1) is 13.8. The lowest BCUT2D eigenvalue weighted by Gasteiger charge is -2.26. The minimum atomic E-state index is -0.194. The molecule has 3 aromatic rings. The number of rotatable bonds is 6. The van der Waals surface area contributed by atoms with Crippen molar-refractivity contribution in [3.63, 3.8) is 0 Å². The van der Waals surface area contributed by atoms with Crippen molar-refractivity contribution in [1.82, 2.24) is 5.32 Å². The van der Waals surface area contributed by atoms with E-state index in [1.54, 1.807) is 11.8 Å². The van der Waals surface area contributed by atoms with E-state index in [9.17, 15) is 4.79 Å². The Labute approximate surface area is 168 Å². The Balaban J connectivity index is 1.27. The fourth-order valence-electron chi connectivity index (χ4n) is 2.91. The van der Waals surface area contributed by atoms with Crippen molar-refractivity contribution in [2.75, 3.05) is 13.2 Å². The Morgan fingerprint density at radius 2 is 1.64 bits per heavy atom. The summed E-state index contributed by atoms with van der Waals surface area (Å²) in [5.41, 5.74) is 1.83. The summed E-state index contributed by atoms with van der Waals surface area (Å²) in [5, 5.41) is 2.93. The third kappa shape index (κ3) is 4.67. The molecule has 0 aromatic heterocycles. The summed E-state index contributed by atoms with van der Waals surface area (Å²) in [4.78, 5) is 13.6. The average molecular weight is 391 g/mol. The smallest absolute Gasteiger partial charge is 0.251 e. The minimum absolute atomic E-state index is 0.107. The van der Waals surface area contributed by atoms with Crippen LogP contribution in [0.15, 0.2) is 83.8 Å². The van der Waals surface area contributed by atoms with E-state index in [2.05, 4.69) is 17.4 Å². The minimum Gasteiger partial charge on any atom is -0.486 e. The van der Waals surface area contributed by atoms with Gasteiger partial charge in [0.25, 0.3) is 5.91 Å². The topological polar surface area (TPSA) is 47.6 Å². The molecule has 4 nitrogen and oxygen atoms in total. The second-order valence-corrected chi connectivity index (χ2v) is 7.56. The normalized spacial score (nSPS) is 15.1. The Bertz CT molecular complexity index is 928. The van der Waals surface area contributed by atoms with E-state index in [1.165, 1.54) is 10.5 Å². The number of hydrogen-bond acceptors (Lipinski definition) is 4. The lowest BCUT2D eigenvalue weighted by molar-refractivity contribution is 0.0789. The molecular weight excluding hydrogens is 370 g/mol. The van der Waals surface area contributed by atoms with Gasteiger partial charge in [0.1, 0.15) is 12.7 Å². The van der Waals surface area contributed by atoms with Crippen LogP contribution in [0.3, 0.4) is 0 Å². The fourth-order valence-corrected chi connectivity index (χ4v) is 3.78. The highest BCUT2D eigenvalue weighted by atomic mass is 32.2. The highest BCUT2D eigenvalue weighted by Gasteiger charge is 2.21. The first-order valence-electron chi connectivity index (χ1n) is 9.21. The van der Waals surface area contributed by atoms with Gasteiger partial charge in [-0.1, -0.05) is 42.5 Å². The van der Waals surface area contributed by atoms with E-state index in [0.717, 1.165) is 11.5 Å². The lowest BCUT2D eigenvalue weighted by atomic mass is 10.1. The van der Waals surface area contributed by atoms with Crippen LogP contribution in [-0.2, 0) is 5.75 Å². The Hall–Kier alpha value is -2.92. The van der Waals surface area contributed by atoms with Crippen LogP contribution in [0.1, 0.15) is 15.9 Å². The third-order valence-corrected chi connectivity index (χ3v) is 5.51. The maximum absolute atomic E-state index is 12.4. The molecule has 0 spiro atoms. The zero-order valence-corrected chi connectivity index (χ0v) is 16.2. The van der Waals surface area contributed by atoms with Crippen LogP contribution >= 0.6 is 11.8 Å². The van der Waals surface area contributed by atoms with Gasteiger partial charge in [-0.2, -0.15) is 0 Å². The number of nitrogens with one attached hydrogen (secondary N) is 1. The molecule has 0 saturated heterocycles. The predicted octanol–water partition coefficient (Wildman–Crippen LogP) is 4.55. The Morgan fingerprint density at radius 1 is 0.929 bits per heavy atom. The number of para-hydroxylation sites is 2. The number of hydrogen-bond donors (Lipinski definition) is 1. The highest BCUT2D eigenvalue weighted by molar-refractivity contribution is 7.98. The van der Waals surface area contributed by atoms with Gasteiger partial charge < -0.3 is 14.8 Å². The maximum atomic E-state index is 12.4. The molecule has 3 aromatic carbocycles. The number of ether oxygens (including phenoxy) is 2. The van der Waals surface area contributed by atoms with E-state index >= 15 is 0 Å². The second-order valence-electron chi connectivity index (χ2n) is 6.51. The van der Waals surface area contributed by atoms with Crippen LogP contribution < -0.4 is 14.8 Å². The molecule has 0 bridgehead atoms. The standard InChI is InChI=1S/C23H21NO3S/c25-23(24-14-19-15-26-21-8-4-5-9-22(21)27-19)18-12-10-17(11-13-18)16-28-20-6-2-1-3-7-20/h1-13,19H,14-16H2,(H,24,25). The molecule has 0 fully saturated rings. The number of carbonyl (C=O) groups is 1. The van der Waals surface area contributed by atoms with Crippen molar-refractivity contribution in [1.29, 1.82) is 0 Å². The van der Waals surface area contributed by atoms with Gasteiger partial charge in [0.15, 0.2) is 11.5 Å². The van der Waals surface area contributed by atoms with Crippen LogP contribution in [0, 0.1) is 0 Å². The molecule has 1 heterocycles. The number of thioether (sulfide) groups is 1. The number of benzene rings is 3. The van der Waals surface area contributed by atoms with Gasteiger partial charge in [0.2, 0.25) is 0 Å². The summed E-state index contributed by atoms with van der Waals surface area (Å²) in [6.07, 6.45) is -0.194. The monoisotopic (exact) mass is 391 g/mol. The zero-order chi connectivity index (χ0) is 19.2. The summed E-state index contributed by atoms with van der Waals surface area (Å²) in [6, 6.07) is 25.6. The van der Waals surface area contributed by atoms with Gasteiger partial charge in [-0.15, -0.1) is 11.8 Å². The van der Waals surface area contributed by atoms with Crippen molar-refractivity contribution < 1.29 is 14.3 Å². The fraction of sp³-hybridized carbons (Fsp3) is 0.174. The second kappa shape index (κ2) is 8.85. The van der Waals surface area contributed by atoms with E-state index < -0.39 is 0 Å². The summed E-state index contributed by atoms with van der Waals surface area (Å²) >= 11 is 1.78. The molecule has 142 valence electrons. The largest absolute Gasteiger partial charge is 0.486 e. The van der Waals surface area contributed by atoms with Gasteiger partial charge in [0, 0.05) is 16.2 Å². The van der Waals surface area contributed by atoms with Gasteiger partial charge >= 0.3 is 0 Å². The molecule has 4 rings (SSSR count). The molecule has 1 N–H and O–H groups in total. The summed E-state index contributed by atoms with van der Waals surface area (Å²) in [6.45, 7) is 0.825. The Kier molecular flexibility index (Phi) is 5.83. The molecule has 1 aliphatic heterocycles. The van der Waals surface area contributed by atoms with Crippen LogP contribution in [0.25, 0.3) is 0 Å². The molecule has 1 aliphatic rings. The molecule has 0 aliphatic carbocycles. The molecule has 0 radical (unpaired) electrons.